The van der Waals surface area contributed by atoms with E-state index in [1.165, 1.54) is 38.5 Å². The van der Waals surface area contributed by atoms with Crippen molar-refractivity contribution >= 4 is 23.2 Å². The largest absolute Gasteiger partial charge is 0.351 e. The first-order valence-electron chi connectivity index (χ1n) is 10.3. The number of carbonyl (C=O) groups is 2. The third-order valence-electron chi connectivity index (χ3n) is 6.96. The van der Waals surface area contributed by atoms with Gasteiger partial charge in [-0.2, -0.15) is 11.3 Å². The van der Waals surface area contributed by atoms with Crippen LogP contribution in [0.5, 0.6) is 0 Å². The Kier molecular flexibility index (Phi) is 5.35. The number of thiophene rings is 1. The van der Waals surface area contributed by atoms with Gasteiger partial charge in [-0.3, -0.25) is 9.59 Å². The Morgan fingerprint density at radius 2 is 2.04 bits per heavy atom. The summed E-state index contributed by atoms with van der Waals surface area (Å²) < 4.78 is 0. The molecule has 1 N–H and O–H groups in total. The normalized spacial score (nSPS) is 29.6. The van der Waals surface area contributed by atoms with Crippen molar-refractivity contribution < 1.29 is 9.59 Å². The Hall–Kier alpha value is -1.36. The van der Waals surface area contributed by atoms with E-state index in [4.69, 9.17) is 0 Å². The third kappa shape index (κ3) is 3.55. The highest BCUT2D eigenvalue weighted by molar-refractivity contribution is 7.08. The minimum absolute atomic E-state index is 0.0296. The van der Waals surface area contributed by atoms with E-state index in [2.05, 4.69) is 10.2 Å². The first kappa shape index (κ1) is 18.0. The lowest BCUT2D eigenvalue weighted by atomic mass is 9.74. The number of rotatable bonds is 5. The molecule has 4 nitrogen and oxygen atoms in total. The van der Waals surface area contributed by atoms with E-state index in [-0.39, 0.29) is 11.3 Å². The van der Waals surface area contributed by atoms with Crippen molar-refractivity contribution in [2.45, 2.75) is 70.3 Å². The van der Waals surface area contributed by atoms with Crippen LogP contribution in [-0.4, -0.2) is 35.8 Å². The highest BCUT2D eigenvalue weighted by Crippen LogP contribution is 2.48. The van der Waals surface area contributed by atoms with Gasteiger partial charge in [0.05, 0.1) is 0 Å². The third-order valence-corrected chi connectivity index (χ3v) is 7.64. The van der Waals surface area contributed by atoms with Crippen molar-refractivity contribution in [2.75, 3.05) is 13.1 Å². The molecule has 0 bridgehead atoms. The molecule has 2 aliphatic carbocycles. The monoisotopic (exact) mass is 374 g/mol. The lowest BCUT2D eigenvalue weighted by Gasteiger charge is -2.47. The predicted molar refractivity (Wildman–Crippen MR) is 104 cm³/mol. The Morgan fingerprint density at radius 3 is 2.81 bits per heavy atom. The van der Waals surface area contributed by atoms with E-state index in [1.807, 2.05) is 16.8 Å². The molecule has 1 aromatic heterocycles. The van der Waals surface area contributed by atoms with Crippen LogP contribution in [0.2, 0.25) is 0 Å². The van der Waals surface area contributed by atoms with Crippen molar-refractivity contribution in [3.63, 3.8) is 0 Å². The fourth-order valence-corrected chi connectivity index (χ4v) is 6.13. The average molecular weight is 375 g/mol. The van der Waals surface area contributed by atoms with Crippen LogP contribution in [0, 0.1) is 11.3 Å². The minimum atomic E-state index is 0.0296. The first-order valence-corrected chi connectivity index (χ1v) is 11.2. The molecule has 4 rings (SSSR count). The van der Waals surface area contributed by atoms with Crippen LogP contribution in [0.4, 0.5) is 0 Å². The summed E-state index contributed by atoms with van der Waals surface area (Å²) in [5.74, 6) is 1.06. The molecular formula is C21H30N2O2S. The van der Waals surface area contributed by atoms with Crippen LogP contribution in [-0.2, 0) is 4.79 Å². The summed E-state index contributed by atoms with van der Waals surface area (Å²) in [6.07, 6.45) is 11.5. The van der Waals surface area contributed by atoms with Gasteiger partial charge < -0.3 is 10.2 Å². The van der Waals surface area contributed by atoms with Gasteiger partial charge in [-0.25, -0.2) is 0 Å². The minimum Gasteiger partial charge on any atom is -0.351 e. The molecule has 2 heterocycles. The topological polar surface area (TPSA) is 49.4 Å². The summed E-state index contributed by atoms with van der Waals surface area (Å²) in [5.41, 5.74) is 0.848. The molecule has 2 atom stereocenters. The number of amides is 2. The van der Waals surface area contributed by atoms with Gasteiger partial charge in [0, 0.05) is 41.9 Å². The Morgan fingerprint density at radius 1 is 1.19 bits per heavy atom. The molecule has 142 valence electrons. The molecule has 0 radical (unpaired) electrons. The maximum Gasteiger partial charge on any atom is 0.252 e. The number of hydrogen-bond donors (Lipinski definition) is 1. The molecule has 5 heteroatoms. The first-order chi connectivity index (χ1) is 12.7. The van der Waals surface area contributed by atoms with Crippen LogP contribution in [0.15, 0.2) is 16.8 Å². The average Bonchev–Trinajstić information content (AvgIpc) is 3.33. The van der Waals surface area contributed by atoms with E-state index >= 15 is 0 Å². The highest BCUT2D eigenvalue weighted by Gasteiger charge is 2.50. The second-order valence-corrected chi connectivity index (χ2v) is 9.30. The molecule has 0 aromatic carbocycles. The zero-order chi connectivity index (χ0) is 18.0. The molecular weight excluding hydrogens is 344 g/mol. The standard InChI is InChI=1S/C21H30N2O2S/c24-19-8-11-21(15-22-20(25)17-9-12-26-14-17)10-4-7-18(21)23(19)13-16-5-2-1-3-6-16/h9,12,14,16,18H,1-8,10-11,13,15H2,(H,22,25)/t18-,21+/m1/s1. The molecule has 1 aromatic rings. The number of piperidine rings is 1. The smallest absolute Gasteiger partial charge is 0.252 e. The molecule has 3 fully saturated rings. The maximum atomic E-state index is 12.7. The number of fused-ring (bicyclic) bond motifs is 1. The second-order valence-electron chi connectivity index (χ2n) is 8.52. The van der Waals surface area contributed by atoms with E-state index in [0.29, 0.717) is 30.8 Å². The summed E-state index contributed by atoms with van der Waals surface area (Å²) in [6.45, 7) is 1.66. The Bertz CT molecular complexity index is 638. The fourth-order valence-electron chi connectivity index (χ4n) is 5.50. The fraction of sp³-hybridized carbons (Fsp3) is 0.714. The van der Waals surface area contributed by atoms with E-state index in [0.717, 1.165) is 31.4 Å². The van der Waals surface area contributed by atoms with Crippen LogP contribution < -0.4 is 5.32 Å². The van der Waals surface area contributed by atoms with E-state index in [9.17, 15) is 9.59 Å². The van der Waals surface area contributed by atoms with Crippen LogP contribution in [0.25, 0.3) is 0 Å². The van der Waals surface area contributed by atoms with Gasteiger partial charge in [-0.05, 0) is 49.5 Å². The Labute approximate surface area is 160 Å². The number of nitrogens with one attached hydrogen (secondary N) is 1. The Balaban J connectivity index is 1.44. The van der Waals surface area contributed by atoms with Gasteiger partial charge in [-0.15, -0.1) is 0 Å². The summed E-state index contributed by atoms with van der Waals surface area (Å²) in [7, 11) is 0. The van der Waals surface area contributed by atoms with Crippen LogP contribution in [0.3, 0.4) is 0 Å². The highest BCUT2D eigenvalue weighted by atomic mass is 32.1. The van der Waals surface area contributed by atoms with Crippen molar-refractivity contribution in [3.8, 4) is 0 Å². The van der Waals surface area contributed by atoms with E-state index < -0.39 is 0 Å². The molecule has 26 heavy (non-hydrogen) atoms. The van der Waals surface area contributed by atoms with Gasteiger partial charge in [-0.1, -0.05) is 25.7 Å². The summed E-state index contributed by atoms with van der Waals surface area (Å²) in [5, 5.41) is 7.03. The molecule has 0 unspecified atom stereocenters. The number of likely N-dealkylation sites (tertiary alicyclic amines) is 1. The van der Waals surface area contributed by atoms with Crippen LogP contribution >= 0.6 is 11.3 Å². The predicted octanol–water partition coefficient (Wildman–Crippen LogP) is 4.22. The van der Waals surface area contributed by atoms with Crippen molar-refractivity contribution in [3.05, 3.63) is 22.4 Å². The zero-order valence-corrected chi connectivity index (χ0v) is 16.4. The van der Waals surface area contributed by atoms with Crippen molar-refractivity contribution in [2.24, 2.45) is 11.3 Å². The molecule has 2 saturated carbocycles. The maximum absolute atomic E-state index is 12.7. The van der Waals surface area contributed by atoms with Gasteiger partial charge in [0.25, 0.3) is 5.91 Å². The molecule has 1 aliphatic heterocycles. The number of carbonyl (C=O) groups excluding carboxylic acids is 2. The van der Waals surface area contributed by atoms with Gasteiger partial charge in [0.1, 0.15) is 0 Å². The lowest BCUT2D eigenvalue weighted by molar-refractivity contribution is -0.142. The molecule has 1 saturated heterocycles. The van der Waals surface area contributed by atoms with Crippen molar-refractivity contribution in [1.82, 2.24) is 10.2 Å². The second kappa shape index (κ2) is 7.71. The van der Waals surface area contributed by atoms with Crippen molar-refractivity contribution in [1.29, 1.82) is 0 Å². The molecule has 3 aliphatic rings. The summed E-state index contributed by atoms with van der Waals surface area (Å²) in [6, 6.07) is 2.21. The quantitative estimate of drug-likeness (QED) is 0.839. The van der Waals surface area contributed by atoms with Gasteiger partial charge in [0.15, 0.2) is 0 Å². The van der Waals surface area contributed by atoms with Gasteiger partial charge >= 0.3 is 0 Å². The molecule has 2 amide bonds. The van der Waals surface area contributed by atoms with Crippen LogP contribution in [0.1, 0.15) is 74.6 Å². The summed E-state index contributed by atoms with van der Waals surface area (Å²) >= 11 is 1.55. The number of hydrogen-bond acceptors (Lipinski definition) is 3. The summed E-state index contributed by atoms with van der Waals surface area (Å²) in [4.78, 5) is 27.4. The van der Waals surface area contributed by atoms with Gasteiger partial charge in [0.2, 0.25) is 5.91 Å². The molecule has 0 spiro atoms. The van der Waals surface area contributed by atoms with E-state index in [1.54, 1.807) is 11.3 Å². The SMILES string of the molecule is O=C(NC[C@@]12CCC[C@H]1N(CC1CCCCC1)C(=O)CC2)c1ccsc1. The zero-order valence-electron chi connectivity index (χ0n) is 15.5. The number of nitrogens with zero attached hydrogens (tertiary/aromatic N) is 1. The lowest BCUT2D eigenvalue weighted by Crippen LogP contribution is -2.57.